The van der Waals surface area contributed by atoms with E-state index >= 15 is 0 Å². The van der Waals surface area contributed by atoms with Gasteiger partial charge in [-0.05, 0) is 39.5 Å². The summed E-state index contributed by atoms with van der Waals surface area (Å²) < 4.78 is 0. The van der Waals surface area contributed by atoms with Crippen LogP contribution in [0.1, 0.15) is 40.0 Å². The number of nitrogens with one attached hydrogen (secondary N) is 1. The lowest BCUT2D eigenvalue weighted by atomic mass is 10.1. The Bertz CT molecular complexity index is 341. The Morgan fingerprint density at radius 3 is 2.33 bits per heavy atom. The van der Waals surface area contributed by atoms with Crippen molar-refractivity contribution in [2.24, 2.45) is 11.7 Å². The molecule has 0 bridgehead atoms. The van der Waals surface area contributed by atoms with Gasteiger partial charge in [-0.15, -0.1) is 0 Å². The quantitative estimate of drug-likeness (QED) is 0.755. The fraction of sp³-hybridized carbons (Fsp3) is 0.938. The predicted molar refractivity (Wildman–Crippen MR) is 86.1 cm³/mol. The first-order valence-electron chi connectivity index (χ1n) is 8.35. The Hall–Kier alpha value is -0.650. The fourth-order valence-electron chi connectivity index (χ4n) is 3.02. The van der Waals surface area contributed by atoms with Crippen molar-refractivity contribution in [2.45, 2.75) is 51.6 Å². The number of hydrogen-bond donors (Lipinski definition) is 2. The zero-order valence-corrected chi connectivity index (χ0v) is 13.9. The number of nitrogens with two attached hydrogens (primary N) is 1. The van der Waals surface area contributed by atoms with E-state index in [2.05, 4.69) is 15.1 Å². The molecule has 1 saturated carbocycles. The molecule has 5 heteroatoms. The highest BCUT2D eigenvalue weighted by Gasteiger charge is 2.29. The molecule has 122 valence electrons. The van der Waals surface area contributed by atoms with Gasteiger partial charge in [0.05, 0.1) is 0 Å². The molecule has 2 rings (SSSR count). The Morgan fingerprint density at radius 1 is 1.24 bits per heavy atom. The molecular formula is C16H32N4O. The van der Waals surface area contributed by atoms with Crippen molar-refractivity contribution in [1.29, 1.82) is 0 Å². The minimum Gasteiger partial charge on any atom is -0.351 e. The maximum Gasteiger partial charge on any atom is 0.222 e. The van der Waals surface area contributed by atoms with E-state index in [-0.39, 0.29) is 17.5 Å². The highest BCUT2D eigenvalue weighted by atomic mass is 16.1. The zero-order valence-electron chi connectivity index (χ0n) is 13.9. The number of carbonyl (C=O) groups excluding carboxylic acids is 1. The van der Waals surface area contributed by atoms with E-state index < -0.39 is 0 Å². The zero-order chi connectivity index (χ0) is 15.5. The molecule has 0 aromatic heterocycles. The first-order valence-corrected chi connectivity index (χ1v) is 8.35. The maximum absolute atomic E-state index is 12.1. The second kappa shape index (κ2) is 7.07. The summed E-state index contributed by atoms with van der Waals surface area (Å²) in [5.41, 5.74) is 5.74. The molecule has 2 fully saturated rings. The predicted octanol–water partition coefficient (Wildman–Crippen LogP) is 0.646. The molecule has 1 heterocycles. The largest absolute Gasteiger partial charge is 0.351 e. The van der Waals surface area contributed by atoms with Crippen LogP contribution in [0.15, 0.2) is 0 Å². The lowest BCUT2D eigenvalue weighted by Gasteiger charge is -2.39. The average molecular weight is 296 g/mol. The van der Waals surface area contributed by atoms with Crippen LogP contribution >= 0.6 is 0 Å². The third kappa shape index (κ3) is 5.93. The molecular weight excluding hydrogens is 264 g/mol. The topological polar surface area (TPSA) is 61.6 Å². The van der Waals surface area contributed by atoms with E-state index in [9.17, 15) is 4.79 Å². The van der Waals surface area contributed by atoms with Crippen LogP contribution in [0.2, 0.25) is 0 Å². The Labute approximate surface area is 129 Å². The van der Waals surface area contributed by atoms with Crippen molar-refractivity contribution in [3.63, 3.8) is 0 Å². The van der Waals surface area contributed by atoms with Gasteiger partial charge in [-0.25, -0.2) is 0 Å². The average Bonchev–Trinajstić information content (AvgIpc) is 3.19. The summed E-state index contributed by atoms with van der Waals surface area (Å²) in [5, 5.41) is 3.03. The molecule has 1 aliphatic heterocycles. The van der Waals surface area contributed by atoms with Gasteiger partial charge in [0.15, 0.2) is 0 Å². The van der Waals surface area contributed by atoms with E-state index in [1.54, 1.807) is 0 Å². The molecule has 1 atom stereocenters. The monoisotopic (exact) mass is 296 g/mol. The minimum atomic E-state index is -0.167. The third-order valence-corrected chi connectivity index (χ3v) is 4.34. The molecule has 0 aromatic carbocycles. The smallest absolute Gasteiger partial charge is 0.222 e. The van der Waals surface area contributed by atoms with Gasteiger partial charge in [-0.3, -0.25) is 9.69 Å². The molecule has 5 nitrogen and oxygen atoms in total. The van der Waals surface area contributed by atoms with Crippen LogP contribution in [0.25, 0.3) is 0 Å². The van der Waals surface area contributed by atoms with Crippen molar-refractivity contribution in [2.75, 3.05) is 39.3 Å². The molecule has 3 N–H and O–H groups in total. The van der Waals surface area contributed by atoms with E-state index in [1.807, 2.05) is 20.8 Å². The Balaban J connectivity index is 1.74. The Kier molecular flexibility index (Phi) is 5.63. The molecule has 0 aromatic rings. The van der Waals surface area contributed by atoms with Gasteiger partial charge in [-0.1, -0.05) is 0 Å². The summed E-state index contributed by atoms with van der Waals surface area (Å²) in [7, 11) is 0. The van der Waals surface area contributed by atoms with Crippen LogP contribution in [0.4, 0.5) is 0 Å². The molecule has 0 radical (unpaired) electrons. The van der Waals surface area contributed by atoms with Crippen molar-refractivity contribution in [1.82, 2.24) is 15.1 Å². The molecule has 1 unspecified atom stereocenters. The highest BCUT2D eigenvalue weighted by molar-refractivity contribution is 5.77. The standard InChI is InChI=1S/C16H32N4O/c1-16(2,3)18-15(21)10-14(11-17)20-8-6-19(7-9-20)12-13-4-5-13/h13-14H,4-12,17H2,1-3H3,(H,18,21). The van der Waals surface area contributed by atoms with Crippen molar-refractivity contribution < 1.29 is 4.79 Å². The molecule has 1 aliphatic carbocycles. The summed E-state index contributed by atoms with van der Waals surface area (Å²) >= 11 is 0. The summed E-state index contributed by atoms with van der Waals surface area (Å²) in [6, 6.07) is 0.176. The number of rotatable bonds is 6. The maximum atomic E-state index is 12.1. The van der Waals surface area contributed by atoms with Gasteiger partial charge in [0, 0.05) is 57.3 Å². The van der Waals surface area contributed by atoms with Crippen LogP contribution in [0.5, 0.6) is 0 Å². The van der Waals surface area contributed by atoms with Gasteiger partial charge in [0.1, 0.15) is 0 Å². The number of nitrogens with zero attached hydrogens (tertiary/aromatic N) is 2. The van der Waals surface area contributed by atoms with Crippen LogP contribution in [-0.4, -0.2) is 66.6 Å². The second-order valence-electron chi connectivity index (χ2n) is 7.67. The van der Waals surface area contributed by atoms with Crippen LogP contribution in [-0.2, 0) is 4.79 Å². The Morgan fingerprint density at radius 2 is 1.86 bits per heavy atom. The molecule has 21 heavy (non-hydrogen) atoms. The number of amides is 1. The van der Waals surface area contributed by atoms with Crippen molar-refractivity contribution >= 4 is 5.91 Å². The van der Waals surface area contributed by atoms with Crippen molar-refractivity contribution in [3.8, 4) is 0 Å². The summed E-state index contributed by atoms with van der Waals surface area (Å²) in [4.78, 5) is 17.0. The lowest BCUT2D eigenvalue weighted by Crippen LogP contribution is -2.54. The van der Waals surface area contributed by atoms with E-state index in [0.29, 0.717) is 13.0 Å². The summed E-state index contributed by atoms with van der Waals surface area (Å²) in [5.74, 6) is 1.07. The summed E-state index contributed by atoms with van der Waals surface area (Å²) in [6.07, 6.45) is 3.34. The highest BCUT2D eigenvalue weighted by Crippen LogP contribution is 2.30. The van der Waals surface area contributed by atoms with E-state index in [4.69, 9.17) is 5.73 Å². The first kappa shape index (κ1) is 16.7. The number of carbonyl (C=O) groups is 1. The van der Waals surface area contributed by atoms with Gasteiger partial charge < -0.3 is 16.0 Å². The fourth-order valence-corrected chi connectivity index (χ4v) is 3.02. The first-order chi connectivity index (χ1) is 9.87. The van der Waals surface area contributed by atoms with Crippen LogP contribution in [0.3, 0.4) is 0 Å². The van der Waals surface area contributed by atoms with Gasteiger partial charge in [-0.2, -0.15) is 0 Å². The second-order valence-corrected chi connectivity index (χ2v) is 7.67. The normalized spacial score (nSPS) is 23.0. The van der Waals surface area contributed by atoms with Gasteiger partial charge in [0.2, 0.25) is 5.91 Å². The van der Waals surface area contributed by atoms with Gasteiger partial charge in [0.25, 0.3) is 0 Å². The lowest BCUT2D eigenvalue weighted by molar-refractivity contribution is -0.123. The van der Waals surface area contributed by atoms with Gasteiger partial charge >= 0.3 is 0 Å². The van der Waals surface area contributed by atoms with Crippen molar-refractivity contribution in [3.05, 3.63) is 0 Å². The third-order valence-electron chi connectivity index (χ3n) is 4.34. The SMILES string of the molecule is CC(C)(C)NC(=O)CC(CN)N1CCN(CC2CC2)CC1. The number of piperazine rings is 1. The van der Waals surface area contributed by atoms with Crippen LogP contribution in [0, 0.1) is 5.92 Å². The molecule has 2 aliphatic rings. The molecule has 0 spiro atoms. The minimum absolute atomic E-state index is 0.110. The summed E-state index contributed by atoms with van der Waals surface area (Å²) in [6.45, 7) is 12.2. The van der Waals surface area contributed by atoms with E-state index in [0.717, 1.165) is 32.1 Å². The number of hydrogen-bond acceptors (Lipinski definition) is 4. The van der Waals surface area contributed by atoms with E-state index in [1.165, 1.54) is 19.4 Å². The molecule has 1 amide bonds. The molecule has 1 saturated heterocycles. The van der Waals surface area contributed by atoms with Crippen LogP contribution < -0.4 is 11.1 Å².